The fraction of sp³-hybridized carbons (Fsp3) is 0.625. The number of alkyl carbamates (subject to hydrolysis) is 1. The van der Waals surface area contributed by atoms with Gasteiger partial charge in [-0.25, -0.2) is 19.7 Å². The lowest BCUT2D eigenvalue weighted by Crippen LogP contribution is -2.39. The van der Waals surface area contributed by atoms with Gasteiger partial charge in [-0.15, -0.1) is 0 Å². The fourth-order valence-electron chi connectivity index (χ4n) is 3.37. The lowest BCUT2D eigenvalue weighted by molar-refractivity contribution is -0.0339. The van der Waals surface area contributed by atoms with E-state index in [-0.39, 0.29) is 12.6 Å². The number of aliphatic hydroxyl groups excluding tert-OH is 2. The van der Waals surface area contributed by atoms with Gasteiger partial charge >= 0.3 is 6.09 Å². The number of rotatable bonds is 5. The van der Waals surface area contributed by atoms with Crippen molar-refractivity contribution in [2.24, 2.45) is 0 Å². The fourth-order valence-corrected chi connectivity index (χ4v) is 3.37. The standard InChI is InChI=1S/C16H22N6O6/c1-26-16(25)17-4-9-11(23)12(24)15(28-9)22-7-20-10-13(18-6-19-14(10)22)21-8-2-3-27-5-8/h6-9,11-12,15,23-24H,2-5H2,1H3,(H,17,25)(H,18,19,21)/t8-,9-,11-,12-,15?/m1/s1. The maximum Gasteiger partial charge on any atom is 0.406 e. The van der Waals surface area contributed by atoms with E-state index in [1.165, 1.54) is 19.8 Å². The average molecular weight is 394 g/mol. The van der Waals surface area contributed by atoms with Crippen molar-refractivity contribution >= 4 is 23.1 Å². The predicted octanol–water partition coefficient (Wildman–Crippen LogP) is -0.998. The Bertz CT molecular complexity index is 840. The molecule has 1 amide bonds. The van der Waals surface area contributed by atoms with Crippen molar-refractivity contribution in [1.82, 2.24) is 24.8 Å². The normalized spacial score (nSPS) is 29.9. The van der Waals surface area contributed by atoms with Crippen molar-refractivity contribution < 1.29 is 29.2 Å². The van der Waals surface area contributed by atoms with Crippen molar-refractivity contribution in [2.75, 3.05) is 32.2 Å². The molecule has 0 bridgehead atoms. The van der Waals surface area contributed by atoms with Crippen LogP contribution < -0.4 is 10.6 Å². The zero-order chi connectivity index (χ0) is 19.7. The van der Waals surface area contributed by atoms with Crippen LogP contribution in [0.15, 0.2) is 12.7 Å². The third kappa shape index (κ3) is 3.46. The number of aliphatic hydroxyl groups is 2. The molecule has 4 N–H and O–H groups in total. The van der Waals surface area contributed by atoms with E-state index in [0.29, 0.717) is 30.2 Å². The molecule has 4 rings (SSSR count). The predicted molar refractivity (Wildman–Crippen MR) is 94.5 cm³/mol. The number of aromatic nitrogens is 4. The highest BCUT2D eigenvalue weighted by Gasteiger charge is 2.44. The number of hydrogen-bond acceptors (Lipinski definition) is 10. The van der Waals surface area contributed by atoms with E-state index in [2.05, 4.69) is 30.3 Å². The molecule has 0 aromatic carbocycles. The highest BCUT2D eigenvalue weighted by Crippen LogP contribution is 2.32. The Hall–Kier alpha value is -2.54. The second-order valence-electron chi connectivity index (χ2n) is 6.67. The molecule has 0 aliphatic carbocycles. The number of amides is 1. The van der Waals surface area contributed by atoms with E-state index in [1.54, 1.807) is 4.57 Å². The van der Waals surface area contributed by atoms with E-state index in [9.17, 15) is 15.0 Å². The number of anilines is 1. The first-order chi connectivity index (χ1) is 13.6. The lowest BCUT2D eigenvalue weighted by atomic mass is 10.1. The van der Waals surface area contributed by atoms with E-state index in [0.717, 1.165) is 6.42 Å². The summed E-state index contributed by atoms with van der Waals surface area (Å²) in [4.78, 5) is 24.1. The van der Waals surface area contributed by atoms with Crippen molar-refractivity contribution in [3.63, 3.8) is 0 Å². The number of ether oxygens (including phenoxy) is 3. The Morgan fingerprint density at radius 2 is 2.21 bits per heavy atom. The van der Waals surface area contributed by atoms with E-state index >= 15 is 0 Å². The quantitative estimate of drug-likeness (QED) is 0.497. The molecule has 0 radical (unpaired) electrons. The minimum Gasteiger partial charge on any atom is -0.453 e. The molecule has 4 heterocycles. The van der Waals surface area contributed by atoms with E-state index < -0.39 is 30.6 Å². The van der Waals surface area contributed by atoms with Gasteiger partial charge in [-0.1, -0.05) is 0 Å². The molecule has 0 saturated carbocycles. The monoisotopic (exact) mass is 394 g/mol. The van der Waals surface area contributed by atoms with Gasteiger partial charge in [0.1, 0.15) is 24.6 Å². The molecule has 12 heteroatoms. The van der Waals surface area contributed by atoms with Gasteiger partial charge in [0.15, 0.2) is 23.2 Å². The summed E-state index contributed by atoms with van der Waals surface area (Å²) >= 11 is 0. The maximum absolute atomic E-state index is 11.2. The van der Waals surface area contributed by atoms with E-state index in [4.69, 9.17) is 9.47 Å². The second kappa shape index (κ2) is 7.83. The zero-order valence-electron chi connectivity index (χ0n) is 15.2. The van der Waals surface area contributed by atoms with Crippen LogP contribution in [-0.4, -0.2) is 87.0 Å². The summed E-state index contributed by atoms with van der Waals surface area (Å²) in [5.41, 5.74) is 0.977. The number of nitrogens with one attached hydrogen (secondary N) is 2. The smallest absolute Gasteiger partial charge is 0.406 e. The molecule has 1 unspecified atom stereocenters. The summed E-state index contributed by atoms with van der Waals surface area (Å²) < 4.78 is 17.2. The summed E-state index contributed by atoms with van der Waals surface area (Å²) in [5, 5.41) is 26.4. The molecule has 0 spiro atoms. The van der Waals surface area contributed by atoms with Crippen LogP contribution in [0.4, 0.5) is 10.6 Å². The molecule has 152 valence electrons. The number of carbonyl (C=O) groups is 1. The summed E-state index contributed by atoms with van der Waals surface area (Å²) in [5.74, 6) is 0.566. The second-order valence-corrected chi connectivity index (χ2v) is 6.67. The van der Waals surface area contributed by atoms with Crippen LogP contribution in [-0.2, 0) is 14.2 Å². The van der Waals surface area contributed by atoms with Gasteiger partial charge in [-0.2, -0.15) is 0 Å². The van der Waals surface area contributed by atoms with Crippen LogP contribution in [0.25, 0.3) is 11.2 Å². The van der Waals surface area contributed by atoms with Gasteiger partial charge in [0.05, 0.1) is 26.1 Å². The molecule has 2 aliphatic heterocycles. The van der Waals surface area contributed by atoms with Crippen LogP contribution >= 0.6 is 0 Å². The van der Waals surface area contributed by atoms with Crippen LogP contribution in [0.3, 0.4) is 0 Å². The van der Waals surface area contributed by atoms with Gasteiger partial charge in [0, 0.05) is 13.2 Å². The summed E-state index contributed by atoms with van der Waals surface area (Å²) in [6, 6.07) is 0.146. The van der Waals surface area contributed by atoms with Crippen molar-refractivity contribution in [3.05, 3.63) is 12.7 Å². The first-order valence-corrected chi connectivity index (χ1v) is 8.93. The van der Waals surface area contributed by atoms with Gasteiger partial charge < -0.3 is 35.1 Å². The molecule has 5 atom stereocenters. The zero-order valence-corrected chi connectivity index (χ0v) is 15.2. The molecule has 28 heavy (non-hydrogen) atoms. The van der Waals surface area contributed by atoms with E-state index in [1.807, 2.05) is 0 Å². The lowest BCUT2D eigenvalue weighted by Gasteiger charge is -2.17. The number of imidazole rings is 1. The first kappa shape index (κ1) is 18.8. The number of hydrogen-bond donors (Lipinski definition) is 4. The Morgan fingerprint density at radius 3 is 2.96 bits per heavy atom. The summed E-state index contributed by atoms with van der Waals surface area (Å²) in [6.07, 6.45) is -1.06. The molecule has 2 aromatic heterocycles. The third-order valence-electron chi connectivity index (χ3n) is 4.87. The maximum atomic E-state index is 11.2. The molecule has 12 nitrogen and oxygen atoms in total. The van der Waals surface area contributed by atoms with Crippen LogP contribution in [0.2, 0.25) is 0 Å². The van der Waals surface area contributed by atoms with Gasteiger partial charge in [-0.05, 0) is 6.42 Å². The third-order valence-corrected chi connectivity index (χ3v) is 4.87. The summed E-state index contributed by atoms with van der Waals surface area (Å²) in [7, 11) is 1.24. The van der Waals surface area contributed by atoms with Crippen LogP contribution in [0.5, 0.6) is 0 Å². The van der Waals surface area contributed by atoms with Gasteiger partial charge in [0.25, 0.3) is 0 Å². The summed E-state index contributed by atoms with van der Waals surface area (Å²) in [6.45, 7) is 1.27. The largest absolute Gasteiger partial charge is 0.453 e. The Balaban J connectivity index is 1.54. The van der Waals surface area contributed by atoms with Gasteiger partial charge in [0.2, 0.25) is 0 Å². The Labute approximate surface area is 159 Å². The molecular formula is C16H22N6O6. The molecule has 2 aliphatic rings. The van der Waals surface area contributed by atoms with Gasteiger partial charge in [-0.3, -0.25) is 4.57 Å². The average Bonchev–Trinajstić information content (AvgIpc) is 3.42. The van der Waals surface area contributed by atoms with Crippen molar-refractivity contribution in [2.45, 2.75) is 37.0 Å². The van der Waals surface area contributed by atoms with Crippen LogP contribution in [0, 0.1) is 0 Å². The van der Waals surface area contributed by atoms with Crippen molar-refractivity contribution in [3.8, 4) is 0 Å². The minimum absolute atomic E-state index is 0.0164. The molecule has 2 saturated heterocycles. The van der Waals surface area contributed by atoms with Crippen LogP contribution in [0.1, 0.15) is 12.6 Å². The molecule has 2 fully saturated rings. The number of fused-ring (bicyclic) bond motifs is 1. The number of methoxy groups -OCH3 is 1. The number of nitrogens with zero attached hydrogens (tertiary/aromatic N) is 4. The number of carbonyl (C=O) groups excluding carboxylic acids is 1. The highest BCUT2D eigenvalue weighted by atomic mass is 16.6. The minimum atomic E-state index is -1.23. The SMILES string of the molecule is COC(=O)NC[C@H]1OC(n2cnc3c(N[C@@H]4CCOC4)ncnc32)[C@H](O)[C@@H]1O. The van der Waals surface area contributed by atoms with Crippen molar-refractivity contribution in [1.29, 1.82) is 0 Å². The molecule has 2 aromatic rings. The molecular weight excluding hydrogens is 372 g/mol. The Morgan fingerprint density at radius 1 is 1.36 bits per heavy atom. The topological polar surface area (TPSA) is 153 Å². The highest BCUT2D eigenvalue weighted by molar-refractivity contribution is 5.82. The Kier molecular flexibility index (Phi) is 5.26. The first-order valence-electron chi connectivity index (χ1n) is 8.93.